The first-order chi connectivity index (χ1) is 14.8. The SMILES string of the molecule is Cc1cc(-c2ccc(-c3ccccc3Br)cc2)ncc1-c1c(O)c(O)c(F)c(O)c1O. The molecule has 3 aromatic carbocycles. The summed E-state index contributed by atoms with van der Waals surface area (Å²) in [5, 5.41) is 39.6. The zero-order chi connectivity index (χ0) is 22.3. The Balaban J connectivity index is 1.73. The van der Waals surface area contributed by atoms with E-state index in [2.05, 4.69) is 20.9 Å². The molecule has 4 N–H and O–H groups in total. The highest BCUT2D eigenvalue weighted by molar-refractivity contribution is 9.10. The van der Waals surface area contributed by atoms with Crippen molar-refractivity contribution in [2.24, 2.45) is 0 Å². The van der Waals surface area contributed by atoms with Gasteiger partial charge in [-0.2, -0.15) is 4.39 Å². The monoisotopic (exact) mass is 481 g/mol. The van der Waals surface area contributed by atoms with Crippen molar-refractivity contribution in [1.82, 2.24) is 4.98 Å². The molecule has 7 heteroatoms. The number of aromatic nitrogens is 1. The lowest BCUT2D eigenvalue weighted by atomic mass is 9.97. The van der Waals surface area contributed by atoms with Gasteiger partial charge in [-0.3, -0.25) is 4.98 Å². The van der Waals surface area contributed by atoms with Crippen LogP contribution in [0.3, 0.4) is 0 Å². The van der Waals surface area contributed by atoms with Crippen LogP contribution in [0.5, 0.6) is 23.0 Å². The number of nitrogens with zero attached hydrogens (tertiary/aromatic N) is 1. The lowest BCUT2D eigenvalue weighted by Crippen LogP contribution is -1.93. The molecule has 4 aromatic rings. The zero-order valence-corrected chi connectivity index (χ0v) is 17.9. The molecule has 0 aliphatic rings. The van der Waals surface area contributed by atoms with Crippen molar-refractivity contribution in [3.05, 3.63) is 76.6 Å². The third kappa shape index (κ3) is 3.57. The fourth-order valence-corrected chi connectivity index (χ4v) is 3.93. The molecule has 0 saturated carbocycles. The second kappa shape index (κ2) is 7.92. The third-order valence-electron chi connectivity index (χ3n) is 5.08. The number of halogens is 2. The molecule has 0 aliphatic heterocycles. The quantitative estimate of drug-likeness (QED) is 0.209. The summed E-state index contributed by atoms with van der Waals surface area (Å²) in [4.78, 5) is 4.38. The van der Waals surface area contributed by atoms with Crippen molar-refractivity contribution in [2.75, 3.05) is 0 Å². The van der Waals surface area contributed by atoms with Gasteiger partial charge in [0.2, 0.25) is 5.82 Å². The van der Waals surface area contributed by atoms with E-state index in [0.717, 1.165) is 21.2 Å². The summed E-state index contributed by atoms with van der Waals surface area (Å²) in [6, 6.07) is 17.5. The molecule has 0 aliphatic carbocycles. The summed E-state index contributed by atoms with van der Waals surface area (Å²) in [5.74, 6) is -5.52. The summed E-state index contributed by atoms with van der Waals surface area (Å²) in [7, 11) is 0. The Bertz CT molecular complexity index is 1280. The Hall–Kier alpha value is -3.58. The second-order valence-corrected chi connectivity index (χ2v) is 7.88. The number of rotatable bonds is 3. The number of aromatic hydroxyl groups is 4. The van der Waals surface area contributed by atoms with Crippen molar-refractivity contribution in [3.8, 4) is 56.5 Å². The van der Waals surface area contributed by atoms with Gasteiger partial charge in [0.15, 0.2) is 23.0 Å². The van der Waals surface area contributed by atoms with Crippen molar-refractivity contribution >= 4 is 15.9 Å². The Morgan fingerprint density at radius 1 is 0.774 bits per heavy atom. The van der Waals surface area contributed by atoms with Gasteiger partial charge in [0.1, 0.15) is 0 Å². The van der Waals surface area contributed by atoms with E-state index < -0.39 is 28.8 Å². The fraction of sp³-hybridized carbons (Fsp3) is 0.0417. The van der Waals surface area contributed by atoms with Crippen molar-refractivity contribution in [2.45, 2.75) is 6.92 Å². The van der Waals surface area contributed by atoms with Gasteiger partial charge in [-0.1, -0.05) is 58.4 Å². The number of phenols is 4. The number of hydrogen-bond donors (Lipinski definition) is 4. The van der Waals surface area contributed by atoms with E-state index in [4.69, 9.17) is 0 Å². The van der Waals surface area contributed by atoms with Crippen LogP contribution in [0.1, 0.15) is 5.56 Å². The van der Waals surface area contributed by atoms with Crippen LogP contribution < -0.4 is 0 Å². The molecule has 1 heterocycles. The second-order valence-electron chi connectivity index (χ2n) is 7.03. The highest BCUT2D eigenvalue weighted by Crippen LogP contribution is 2.50. The Morgan fingerprint density at radius 3 is 1.94 bits per heavy atom. The van der Waals surface area contributed by atoms with Gasteiger partial charge < -0.3 is 20.4 Å². The standard InChI is InChI=1S/C24H17BrFNO4/c1-12-10-18(14-8-6-13(7-9-14)15-4-2-3-5-17(15)25)27-11-16(12)19-21(28)23(30)20(26)24(31)22(19)29/h2-11,28-31H,1H3. The summed E-state index contributed by atoms with van der Waals surface area (Å²) in [6.07, 6.45) is 1.39. The smallest absolute Gasteiger partial charge is 0.214 e. The summed E-state index contributed by atoms with van der Waals surface area (Å²) < 4.78 is 14.7. The molecule has 0 bridgehead atoms. The average Bonchev–Trinajstić information content (AvgIpc) is 2.78. The molecule has 0 spiro atoms. The molecule has 5 nitrogen and oxygen atoms in total. The zero-order valence-electron chi connectivity index (χ0n) is 16.3. The van der Waals surface area contributed by atoms with Crippen LogP contribution in [0, 0.1) is 12.7 Å². The Morgan fingerprint density at radius 2 is 1.35 bits per heavy atom. The van der Waals surface area contributed by atoms with Crippen molar-refractivity contribution < 1.29 is 24.8 Å². The van der Waals surface area contributed by atoms with E-state index in [1.807, 2.05) is 48.5 Å². The van der Waals surface area contributed by atoms with E-state index in [1.54, 1.807) is 13.0 Å². The number of pyridine rings is 1. The first-order valence-corrected chi connectivity index (χ1v) is 10.1. The minimum atomic E-state index is -1.49. The number of aryl methyl sites for hydroxylation is 1. The van der Waals surface area contributed by atoms with Gasteiger partial charge in [-0.05, 0) is 35.7 Å². The van der Waals surface area contributed by atoms with Crippen molar-refractivity contribution in [3.63, 3.8) is 0 Å². The maximum atomic E-state index is 13.7. The van der Waals surface area contributed by atoms with Gasteiger partial charge in [-0.25, -0.2) is 0 Å². The fourth-order valence-electron chi connectivity index (χ4n) is 3.42. The molecule has 1 aromatic heterocycles. The van der Waals surface area contributed by atoms with Gasteiger partial charge in [-0.15, -0.1) is 0 Å². The number of phenolic OH excluding ortho intramolecular Hbond substituents is 4. The predicted molar refractivity (Wildman–Crippen MR) is 120 cm³/mol. The topological polar surface area (TPSA) is 93.8 Å². The molecule has 4 rings (SSSR count). The predicted octanol–water partition coefficient (Wildman–Crippen LogP) is 6.12. The minimum absolute atomic E-state index is 0.245. The summed E-state index contributed by atoms with van der Waals surface area (Å²) >= 11 is 3.55. The van der Waals surface area contributed by atoms with Gasteiger partial charge in [0, 0.05) is 21.8 Å². The Kier molecular flexibility index (Phi) is 5.29. The maximum absolute atomic E-state index is 13.7. The van der Waals surface area contributed by atoms with Gasteiger partial charge >= 0.3 is 0 Å². The molecule has 0 atom stereocenters. The number of hydrogen-bond acceptors (Lipinski definition) is 5. The van der Waals surface area contributed by atoms with Gasteiger partial charge in [0.05, 0.1) is 11.3 Å². The van der Waals surface area contributed by atoms with E-state index in [9.17, 15) is 24.8 Å². The van der Waals surface area contributed by atoms with E-state index >= 15 is 0 Å². The van der Waals surface area contributed by atoms with Crippen LogP contribution >= 0.6 is 15.9 Å². The van der Waals surface area contributed by atoms with Crippen LogP contribution in [-0.2, 0) is 0 Å². The summed E-state index contributed by atoms with van der Waals surface area (Å²) in [5.41, 5.74) is 4.15. The first-order valence-electron chi connectivity index (χ1n) is 9.27. The number of benzene rings is 3. The minimum Gasteiger partial charge on any atom is -0.504 e. The lowest BCUT2D eigenvalue weighted by Gasteiger charge is -2.14. The lowest BCUT2D eigenvalue weighted by molar-refractivity contribution is 0.338. The molecule has 31 heavy (non-hydrogen) atoms. The molecular formula is C24H17BrFNO4. The van der Waals surface area contributed by atoms with Crippen LogP contribution in [-0.4, -0.2) is 25.4 Å². The van der Waals surface area contributed by atoms with Gasteiger partial charge in [0.25, 0.3) is 0 Å². The molecular weight excluding hydrogens is 465 g/mol. The third-order valence-corrected chi connectivity index (χ3v) is 5.78. The summed E-state index contributed by atoms with van der Waals surface area (Å²) in [6.45, 7) is 1.71. The average molecular weight is 482 g/mol. The first kappa shape index (κ1) is 20.7. The Labute approximate surface area is 185 Å². The van der Waals surface area contributed by atoms with E-state index in [0.29, 0.717) is 11.3 Å². The van der Waals surface area contributed by atoms with E-state index in [1.165, 1.54) is 6.20 Å². The largest absolute Gasteiger partial charge is 0.504 e. The van der Waals surface area contributed by atoms with Crippen molar-refractivity contribution in [1.29, 1.82) is 0 Å². The van der Waals surface area contributed by atoms with Crippen LogP contribution in [0.15, 0.2) is 65.3 Å². The molecule has 156 valence electrons. The molecule has 0 unspecified atom stereocenters. The maximum Gasteiger partial charge on any atom is 0.214 e. The van der Waals surface area contributed by atoms with Crippen LogP contribution in [0.2, 0.25) is 0 Å². The van der Waals surface area contributed by atoms with Crippen LogP contribution in [0.4, 0.5) is 4.39 Å². The van der Waals surface area contributed by atoms with Crippen LogP contribution in [0.25, 0.3) is 33.5 Å². The highest BCUT2D eigenvalue weighted by Gasteiger charge is 2.25. The molecule has 0 amide bonds. The highest BCUT2D eigenvalue weighted by atomic mass is 79.9. The normalized spacial score (nSPS) is 10.9. The molecule has 0 radical (unpaired) electrons. The van der Waals surface area contributed by atoms with E-state index in [-0.39, 0.29) is 11.1 Å². The molecule has 0 saturated heterocycles. The molecule has 0 fully saturated rings.